The number of rotatable bonds is 5. The van der Waals surface area contributed by atoms with Crippen LogP contribution in [0.4, 0.5) is 10.1 Å². The summed E-state index contributed by atoms with van der Waals surface area (Å²) in [5.41, 5.74) is 1.98. The summed E-state index contributed by atoms with van der Waals surface area (Å²) in [4.78, 5) is 20.6. The first kappa shape index (κ1) is 20.5. The maximum absolute atomic E-state index is 13.5. The van der Waals surface area contributed by atoms with E-state index in [9.17, 15) is 17.6 Å². The highest BCUT2D eigenvalue weighted by atomic mass is 32.2. The lowest BCUT2D eigenvalue weighted by Crippen LogP contribution is -2.17. The first-order valence-corrected chi connectivity index (χ1v) is 10.6. The second kappa shape index (κ2) is 7.80. The van der Waals surface area contributed by atoms with Gasteiger partial charge in [0.1, 0.15) is 17.2 Å². The van der Waals surface area contributed by atoms with E-state index in [1.54, 1.807) is 25.3 Å². The number of nitrogens with one attached hydrogen (secondary N) is 1. The molecule has 0 spiro atoms. The van der Waals surface area contributed by atoms with E-state index in [1.807, 2.05) is 0 Å². The first-order chi connectivity index (χ1) is 14.8. The predicted octanol–water partition coefficient (Wildman–Crippen LogP) is 3.01. The van der Waals surface area contributed by atoms with E-state index in [-0.39, 0.29) is 22.0 Å². The third kappa shape index (κ3) is 3.97. The monoisotopic (exact) mass is 440 g/mol. The molecule has 31 heavy (non-hydrogen) atoms. The molecule has 0 amide bonds. The summed E-state index contributed by atoms with van der Waals surface area (Å²) in [6.45, 7) is 1.67. The average molecular weight is 440 g/mol. The third-order valence-electron chi connectivity index (χ3n) is 4.60. The van der Waals surface area contributed by atoms with Crippen molar-refractivity contribution in [2.75, 3.05) is 11.8 Å². The van der Waals surface area contributed by atoms with Crippen LogP contribution in [0.2, 0.25) is 0 Å². The van der Waals surface area contributed by atoms with Crippen molar-refractivity contribution in [2.45, 2.75) is 11.8 Å². The molecule has 0 saturated carbocycles. The van der Waals surface area contributed by atoms with Crippen LogP contribution in [-0.4, -0.2) is 29.9 Å². The lowest BCUT2D eigenvalue weighted by molar-refractivity contribution is 0.400. The minimum absolute atomic E-state index is 0.0409. The number of fused-ring (bicyclic) bond motifs is 1. The van der Waals surface area contributed by atoms with Crippen LogP contribution >= 0.6 is 0 Å². The number of hydrogen-bond donors (Lipinski definition) is 1. The predicted molar refractivity (Wildman–Crippen MR) is 113 cm³/mol. The van der Waals surface area contributed by atoms with E-state index in [2.05, 4.69) is 14.7 Å². The molecule has 0 aliphatic rings. The molecule has 1 aromatic carbocycles. The van der Waals surface area contributed by atoms with E-state index in [0.29, 0.717) is 22.3 Å². The SMILES string of the molecule is COc1ncc(-c2ccc3ncc(C)c(=O)n3c2)cc1NS(=O)(=O)c1cccc(F)c1. The van der Waals surface area contributed by atoms with Crippen LogP contribution in [0, 0.1) is 12.7 Å². The third-order valence-corrected chi connectivity index (χ3v) is 5.97. The van der Waals surface area contributed by atoms with Gasteiger partial charge in [0.25, 0.3) is 15.6 Å². The maximum Gasteiger partial charge on any atom is 0.262 e. The Hall–Kier alpha value is -3.79. The Balaban J connectivity index is 1.79. The Morgan fingerprint density at radius 3 is 2.61 bits per heavy atom. The van der Waals surface area contributed by atoms with Crippen molar-refractivity contribution < 1.29 is 17.5 Å². The molecular weight excluding hydrogens is 423 g/mol. The molecule has 0 bridgehead atoms. The van der Waals surface area contributed by atoms with E-state index in [0.717, 1.165) is 12.1 Å². The van der Waals surface area contributed by atoms with Crippen molar-refractivity contribution in [2.24, 2.45) is 0 Å². The van der Waals surface area contributed by atoms with Crippen molar-refractivity contribution in [1.82, 2.24) is 14.4 Å². The summed E-state index contributed by atoms with van der Waals surface area (Å²) in [6.07, 6.45) is 4.60. The fraction of sp³-hybridized carbons (Fsp3) is 0.0952. The zero-order valence-corrected chi connectivity index (χ0v) is 17.4. The number of benzene rings is 1. The lowest BCUT2D eigenvalue weighted by atomic mass is 10.1. The molecule has 0 aliphatic heterocycles. The number of halogens is 1. The molecule has 0 atom stereocenters. The zero-order chi connectivity index (χ0) is 22.2. The minimum Gasteiger partial charge on any atom is -0.480 e. The maximum atomic E-state index is 13.5. The molecule has 1 N–H and O–H groups in total. The van der Waals surface area contributed by atoms with Gasteiger partial charge in [-0.25, -0.2) is 22.8 Å². The Kier molecular flexibility index (Phi) is 5.15. The molecule has 0 aliphatic carbocycles. The van der Waals surface area contributed by atoms with Crippen LogP contribution in [0.25, 0.3) is 16.8 Å². The molecule has 0 fully saturated rings. The summed E-state index contributed by atoms with van der Waals surface area (Å²) in [7, 11) is -2.74. The van der Waals surface area contributed by atoms with Gasteiger partial charge >= 0.3 is 0 Å². The Labute approximate surface area is 177 Å². The van der Waals surface area contributed by atoms with E-state index in [1.165, 1.54) is 42.1 Å². The van der Waals surface area contributed by atoms with Crippen molar-refractivity contribution in [3.63, 3.8) is 0 Å². The number of aryl methyl sites for hydroxylation is 1. The minimum atomic E-state index is -4.09. The number of aromatic nitrogens is 3. The van der Waals surface area contributed by atoms with Crippen molar-refractivity contribution in [3.05, 3.63) is 82.8 Å². The van der Waals surface area contributed by atoms with Gasteiger partial charge in [0, 0.05) is 35.3 Å². The molecular formula is C21H17FN4O4S. The van der Waals surface area contributed by atoms with Crippen LogP contribution in [0.3, 0.4) is 0 Å². The van der Waals surface area contributed by atoms with Crippen LogP contribution in [0.1, 0.15) is 5.56 Å². The molecule has 158 valence electrons. The van der Waals surface area contributed by atoms with Gasteiger partial charge in [-0.15, -0.1) is 0 Å². The summed E-state index contributed by atoms with van der Waals surface area (Å²) in [5.74, 6) is -0.633. The molecule has 3 heterocycles. The number of methoxy groups -OCH3 is 1. The van der Waals surface area contributed by atoms with Gasteiger partial charge in [-0.05, 0) is 43.3 Å². The van der Waals surface area contributed by atoms with Crippen LogP contribution in [0.5, 0.6) is 5.88 Å². The highest BCUT2D eigenvalue weighted by Gasteiger charge is 2.19. The zero-order valence-electron chi connectivity index (χ0n) is 16.5. The molecule has 3 aromatic heterocycles. The fourth-order valence-corrected chi connectivity index (χ4v) is 4.10. The molecule has 0 unspecified atom stereocenters. The topological polar surface area (TPSA) is 103 Å². The summed E-state index contributed by atoms with van der Waals surface area (Å²) in [5, 5.41) is 0. The first-order valence-electron chi connectivity index (χ1n) is 9.09. The Bertz CT molecular complexity index is 1470. The second-order valence-corrected chi connectivity index (χ2v) is 8.42. The van der Waals surface area contributed by atoms with Gasteiger partial charge in [0.2, 0.25) is 5.88 Å². The summed E-state index contributed by atoms with van der Waals surface area (Å²) >= 11 is 0. The Morgan fingerprint density at radius 1 is 1.06 bits per heavy atom. The number of hydrogen-bond acceptors (Lipinski definition) is 6. The van der Waals surface area contributed by atoms with E-state index >= 15 is 0 Å². The highest BCUT2D eigenvalue weighted by Crippen LogP contribution is 2.30. The van der Waals surface area contributed by atoms with Gasteiger partial charge in [0.05, 0.1) is 12.0 Å². The largest absolute Gasteiger partial charge is 0.480 e. The summed E-state index contributed by atoms with van der Waals surface area (Å²) < 4.78 is 47.9. The molecule has 10 heteroatoms. The average Bonchev–Trinajstić information content (AvgIpc) is 2.76. The molecule has 4 aromatic rings. The number of pyridine rings is 2. The second-order valence-electron chi connectivity index (χ2n) is 6.74. The van der Waals surface area contributed by atoms with Gasteiger partial charge < -0.3 is 4.74 Å². The smallest absolute Gasteiger partial charge is 0.262 e. The van der Waals surface area contributed by atoms with Crippen molar-refractivity contribution >= 4 is 21.4 Å². The number of anilines is 1. The number of nitrogens with zero attached hydrogens (tertiary/aromatic N) is 3. The van der Waals surface area contributed by atoms with Gasteiger partial charge in [-0.1, -0.05) is 6.07 Å². The van der Waals surface area contributed by atoms with Gasteiger partial charge in [-0.2, -0.15) is 0 Å². The lowest BCUT2D eigenvalue weighted by Gasteiger charge is -2.13. The molecule has 8 nitrogen and oxygen atoms in total. The van der Waals surface area contributed by atoms with Crippen LogP contribution in [-0.2, 0) is 10.0 Å². The normalized spacial score (nSPS) is 11.5. The molecule has 0 saturated heterocycles. The fourth-order valence-electron chi connectivity index (χ4n) is 3.02. The molecule has 4 rings (SSSR count). The van der Waals surface area contributed by atoms with Gasteiger partial charge in [-0.3, -0.25) is 13.9 Å². The van der Waals surface area contributed by atoms with Gasteiger partial charge in [0.15, 0.2) is 0 Å². The van der Waals surface area contributed by atoms with E-state index < -0.39 is 15.8 Å². The standard InChI is InChI=1S/C21H17FN4O4S/c1-13-10-23-19-7-6-14(12-26(19)21(13)27)15-8-18(20(30-2)24-11-15)25-31(28,29)17-5-3-4-16(22)9-17/h3-12,25H,1-2H3. The quantitative estimate of drug-likeness (QED) is 0.512. The highest BCUT2D eigenvalue weighted by molar-refractivity contribution is 7.92. The Morgan fingerprint density at radius 2 is 1.87 bits per heavy atom. The van der Waals surface area contributed by atoms with Crippen molar-refractivity contribution in [3.8, 4) is 17.0 Å². The number of sulfonamides is 1. The van der Waals surface area contributed by atoms with Crippen LogP contribution in [0.15, 0.2) is 70.7 Å². The van der Waals surface area contributed by atoms with E-state index in [4.69, 9.17) is 4.74 Å². The molecule has 0 radical (unpaired) electrons. The van der Waals surface area contributed by atoms with Crippen molar-refractivity contribution in [1.29, 1.82) is 0 Å². The number of ether oxygens (including phenoxy) is 1. The van der Waals surface area contributed by atoms with Crippen LogP contribution < -0.4 is 15.0 Å². The summed E-state index contributed by atoms with van der Waals surface area (Å²) in [6, 6.07) is 9.59.